The number of hydrogen-bond donors (Lipinski definition) is 0. The van der Waals surface area contributed by atoms with Gasteiger partial charge in [-0.2, -0.15) is 0 Å². The topological polar surface area (TPSA) is 35.5 Å². The molecule has 1 aliphatic carbocycles. The molecule has 2 unspecified atom stereocenters. The standard InChI is InChI=1S/C16H28O3/c1-4-18-15(12(2)3)14(17)13-7-10-19-16(11-13)8-5-6-9-16/h12-13,15H,4-11H2,1-3H3. The zero-order valence-electron chi connectivity index (χ0n) is 12.6. The SMILES string of the molecule is CCOC(C(=O)C1CCOC2(CCCC2)C1)C(C)C. The highest BCUT2D eigenvalue weighted by molar-refractivity contribution is 5.85. The second-order valence-electron chi connectivity index (χ2n) is 6.45. The van der Waals surface area contributed by atoms with E-state index in [1.807, 2.05) is 6.92 Å². The molecule has 1 saturated carbocycles. The van der Waals surface area contributed by atoms with Crippen LogP contribution in [0.1, 0.15) is 59.3 Å². The summed E-state index contributed by atoms with van der Waals surface area (Å²) in [6.45, 7) is 7.47. The van der Waals surface area contributed by atoms with Crippen molar-refractivity contribution in [2.24, 2.45) is 11.8 Å². The highest BCUT2D eigenvalue weighted by atomic mass is 16.5. The number of hydrogen-bond acceptors (Lipinski definition) is 3. The first-order chi connectivity index (χ1) is 9.08. The fourth-order valence-corrected chi connectivity index (χ4v) is 3.65. The fraction of sp³-hybridized carbons (Fsp3) is 0.938. The first-order valence-corrected chi connectivity index (χ1v) is 7.87. The molecule has 0 N–H and O–H groups in total. The van der Waals surface area contributed by atoms with E-state index in [2.05, 4.69) is 13.8 Å². The molecular formula is C16H28O3. The molecule has 0 aromatic heterocycles. The summed E-state index contributed by atoms with van der Waals surface area (Å²) in [5, 5.41) is 0. The number of carbonyl (C=O) groups is 1. The van der Waals surface area contributed by atoms with Crippen molar-refractivity contribution >= 4 is 5.78 Å². The zero-order valence-corrected chi connectivity index (χ0v) is 12.6. The molecule has 0 bridgehead atoms. The van der Waals surface area contributed by atoms with Gasteiger partial charge >= 0.3 is 0 Å². The van der Waals surface area contributed by atoms with Crippen LogP contribution in [0.2, 0.25) is 0 Å². The minimum Gasteiger partial charge on any atom is -0.375 e. The van der Waals surface area contributed by atoms with E-state index in [1.54, 1.807) is 0 Å². The van der Waals surface area contributed by atoms with Crippen molar-refractivity contribution in [2.75, 3.05) is 13.2 Å². The Labute approximate surface area is 117 Å². The summed E-state index contributed by atoms with van der Waals surface area (Å²) >= 11 is 0. The second-order valence-corrected chi connectivity index (χ2v) is 6.45. The number of ketones is 1. The minimum atomic E-state index is -0.230. The Bertz CT molecular complexity index is 305. The van der Waals surface area contributed by atoms with Crippen molar-refractivity contribution in [1.82, 2.24) is 0 Å². The summed E-state index contributed by atoms with van der Waals surface area (Å²) in [5.41, 5.74) is 0.0202. The summed E-state index contributed by atoms with van der Waals surface area (Å²) in [4.78, 5) is 12.7. The van der Waals surface area contributed by atoms with Crippen LogP contribution in [-0.2, 0) is 14.3 Å². The van der Waals surface area contributed by atoms with Crippen molar-refractivity contribution in [3.63, 3.8) is 0 Å². The lowest BCUT2D eigenvalue weighted by molar-refractivity contribution is -0.149. The zero-order chi connectivity index (χ0) is 13.9. The van der Waals surface area contributed by atoms with Crippen LogP contribution in [0.25, 0.3) is 0 Å². The molecule has 2 rings (SSSR count). The van der Waals surface area contributed by atoms with Gasteiger partial charge in [0.2, 0.25) is 0 Å². The van der Waals surface area contributed by atoms with E-state index in [-0.39, 0.29) is 23.5 Å². The highest BCUT2D eigenvalue weighted by Gasteiger charge is 2.43. The number of carbonyl (C=O) groups excluding carboxylic acids is 1. The molecule has 0 aromatic carbocycles. The molecule has 3 heteroatoms. The van der Waals surface area contributed by atoms with Crippen LogP contribution in [0.4, 0.5) is 0 Å². The minimum absolute atomic E-state index is 0.0202. The van der Waals surface area contributed by atoms with E-state index in [4.69, 9.17) is 9.47 Å². The maximum atomic E-state index is 12.7. The van der Waals surface area contributed by atoms with E-state index < -0.39 is 0 Å². The molecule has 1 spiro atoms. The monoisotopic (exact) mass is 268 g/mol. The van der Waals surface area contributed by atoms with E-state index in [9.17, 15) is 4.79 Å². The van der Waals surface area contributed by atoms with Gasteiger partial charge in [0.15, 0.2) is 5.78 Å². The molecule has 2 aliphatic rings. The van der Waals surface area contributed by atoms with Crippen molar-refractivity contribution < 1.29 is 14.3 Å². The predicted molar refractivity (Wildman–Crippen MR) is 75.1 cm³/mol. The Balaban J connectivity index is 2.01. The molecule has 3 nitrogen and oxygen atoms in total. The van der Waals surface area contributed by atoms with Gasteiger partial charge < -0.3 is 9.47 Å². The quantitative estimate of drug-likeness (QED) is 0.767. The third-order valence-corrected chi connectivity index (χ3v) is 4.64. The Hall–Kier alpha value is -0.410. The van der Waals surface area contributed by atoms with Gasteiger partial charge in [-0.15, -0.1) is 0 Å². The number of rotatable bonds is 5. The molecule has 1 heterocycles. The second kappa shape index (κ2) is 6.36. The largest absolute Gasteiger partial charge is 0.375 e. The van der Waals surface area contributed by atoms with Gasteiger partial charge in [0, 0.05) is 19.1 Å². The van der Waals surface area contributed by atoms with Crippen LogP contribution in [0.3, 0.4) is 0 Å². The molecule has 0 aromatic rings. The maximum absolute atomic E-state index is 12.7. The van der Waals surface area contributed by atoms with Crippen molar-refractivity contribution in [3.05, 3.63) is 0 Å². The summed E-state index contributed by atoms with van der Waals surface area (Å²) in [5.74, 6) is 0.715. The molecule has 110 valence electrons. The summed E-state index contributed by atoms with van der Waals surface area (Å²) < 4.78 is 11.7. The summed E-state index contributed by atoms with van der Waals surface area (Å²) in [6, 6.07) is 0. The van der Waals surface area contributed by atoms with Gasteiger partial charge in [-0.25, -0.2) is 0 Å². The molecule has 2 atom stereocenters. The van der Waals surface area contributed by atoms with Crippen molar-refractivity contribution in [2.45, 2.75) is 71.0 Å². The highest BCUT2D eigenvalue weighted by Crippen LogP contribution is 2.42. The van der Waals surface area contributed by atoms with Gasteiger partial charge in [0.1, 0.15) is 6.10 Å². The first-order valence-electron chi connectivity index (χ1n) is 7.87. The Morgan fingerprint density at radius 3 is 2.63 bits per heavy atom. The molecule has 1 aliphatic heterocycles. The van der Waals surface area contributed by atoms with Gasteiger partial charge in [0.05, 0.1) is 5.60 Å². The molecule has 0 amide bonds. The van der Waals surface area contributed by atoms with E-state index >= 15 is 0 Å². The Morgan fingerprint density at radius 2 is 2.05 bits per heavy atom. The van der Waals surface area contributed by atoms with Crippen LogP contribution in [0, 0.1) is 11.8 Å². The average molecular weight is 268 g/mol. The van der Waals surface area contributed by atoms with E-state index in [0.29, 0.717) is 12.4 Å². The van der Waals surface area contributed by atoms with Gasteiger partial charge in [-0.05, 0) is 38.5 Å². The van der Waals surface area contributed by atoms with Crippen LogP contribution < -0.4 is 0 Å². The van der Waals surface area contributed by atoms with Crippen molar-refractivity contribution in [1.29, 1.82) is 0 Å². The molecular weight excluding hydrogens is 240 g/mol. The lowest BCUT2D eigenvalue weighted by Crippen LogP contribution is -2.44. The van der Waals surface area contributed by atoms with Gasteiger partial charge in [-0.3, -0.25) is 4.79 Å². The van der Waals surface area contributed by atoms with Crippen LogP contribution >= 0.6 is 0 Å². The predicted octanol–water partition coefficient (Wildman–Crippen LogP) is 3.36. The number of Topliss-reactive ketones (excluding diaryl/α,β-unsaturated/α-hetero) is 1. The molecule has 0 radical (unpaired) electrons. The first kappa shape index (κ1) is 15.0. The number of ether oxygens (including phenoxy) is 2. The van der Waals surface area contributed by atoms with Crippen LogP contribution in [0.15, 0.2) is 0 Å². The van der Waals surface area contributed by atoms with Crippen LogP contribution in [-0.4, -0.2) is 30.7 Å². The van der Waals surface area contributed by atoms with E-state index in [0.717, 1.165) is 32.3 Å². The Kier molecular flexibility index (Phi) is 5.02. The fourth-order valence-electron chi connectivity index (χ4n) is 3.65. The molecule has 2 fully saturated rings. The van der Waals surface area contributed by atoms with Gasteiger partial charge in [0.25, 0.3) is 0 Å². The third-order valence-electron chi connectivity index (χ3n) is 4.64. The smallest absolute Gasteiger partial charge is 0.165 e. The van der Waals surface area contributed by atoms with Crippen molar-refractivity contribution in [3.8, 4) is 0 Å². The maximum Gasteiger partial charge on any atom is 0.165 e. The summed E-state index contributed by atoms with van der Waals surface area (Å²) in [7, 11) is 0. The lowest BCUT2D eigenvalue weighted by Gasteiger charge is -2.39. The lowest BCUT2D eigenvalue weighted by atomic mass is 9.79. The van der Waals surface area contributed by atoms with Crippen LogP contribution in [0.5, 0.6) is 0 Å². The summed E-state index contributed by atoms with van der Waals surface area (Å²) in [6.07, 6.45) is 6.33. The average Bonchev–Trinajstić information content (AvgIpc) is 2.83. The van der Waals surface area contributed by atoms with E-state index in [1.165, 1.54) is 12.8 Å². The normalized spacial score (nSPS) is 27.9. The molecule has 19 heavy (non-hydrogen) atoms. The molecule has 1 saturated heterocycles. The van der Waals surface area contributed by atoms with Gasteiger partial charge in [-0.1, -0.05) is 26.7 Å². The Morgan fingerprint density at radius 1 is 1.37 bits per heavy atom. The third kappa shape index (κ3) is 3.38.